The van der Waals surface area contributed by atoms with E-state index >= 15 is 0 Å². The summed E-state index contributed by atoms with van der Waals surface area (Å²) in [5.74, 6) is -2.11. The summed E-state index contributed by atoms with van der Waals surface area (Å²) in [5.41, 5.74) is -1.49. The fourth-order valence-electron chi connectivity index (χ4n) is 6.32. The summed E-state index contributed by atoms with van der Waals surface area (Å²) in [5, 5.41) is 9.10. The molecular weight excluding hydrogens is 472 g/mol. The third kappa shape index (κ3) is 5.95. The first kappa shape index (κ1) is 29.4. The molecule has 208 valence electrons. The van der Waals surface area contributed by atoms with Crippen molar-refractivity contribution in [1.82, 2.24) is 9.80 Å². The second kappa shape index (κ2) is 12.6. The molecule has 3 rings (SSSR count). The molecule has 3 aliphatic rings. The summed E-state index contributed by atoms with van der Waals surface area (Å²) in [6.07, 6.45) is 9.97. The number of nitrogens with zero attached hydrogens (tertiary/aromatic N) is 2. The predicted molar refractivity (Wildman–Crippen MR) is 142 cm³/mol. The van der Waals surface area contributed by atoms with Gasteiger partial charge in [-0.05, 0) is 65.7 Å². The molecular formula is C29H46N2O6. The summed E-state index contributed by atoms with van der Waals surface area (Å²) < 4.78 is 12.1. The van der Waals surface area contributed by atoms with Crippen LogP contribution in [0.15, 0.2) is 25.3 Å². The minimum Gasteiger partial charge on any atom is -0.465 e. The SMILES string of the molecule is C=CCCCCOC(=O)[C@@H]1[C@@H]2CCC3(O2)C(C(=O)N(CC=C)C(C)(C)C)N(CCCCCCO)C(=O)[C@H]13. The molecule has 8 nitrogen and oxygen atoms in total. The van der Waals surface area contributed by atoms with Gasteiger partial charge in [-0.2, -0.15) is 0 Å². The maximum absolute atomic E-state index is 14.2. The number of carbonyl (C=O) groups is 3. The van der Waals surface area contributed by atoms with Crippen molar-refractivity contribution < 1.29 is 29.0 Å². The zero-order chi connectivity index (χ0) is 27.2. The van der Waals surface area contributed by atoms with Crippen LogP contribution in [0.2, 0.25) is 0 Å². The van der Waals surface area contributed by atoms with Crippen LogP contribution >= 0.6 is 0 Å². The molecule has 3 aliphatic heterocycles. The van der Waals surface area contributed by atoms with E-state index in [1.807, 2.05) is 26.8 Å². The minimum absolute atomic E-state index is 0.143. The largest absolute Gasteiger partial charge is 0.465 e. The predicted octanol–water partition coefficient (Wildman–Crippen LogP) is 3.63. The number of carbonyl (C=O) groups excluding carboxylic acids is 3. The van der Waals surface area contributed by atoms with Gasteiger partial charge in [0.1, 0.15) is 11.6 Å². The van der Waals surface area contributed by atoms with Crippen molar-refractivity contribution in [2.24, 2.45) is 11.8 Å². The van der Waals surface area contributed by atoms with Gasteiger partial charge in [-0.3, -0.25) is 14.4 Å². The summed E-state index contributed by atoms with van der Waals surface area (Å²) >= 11 is 0. The molecule has 0 aromatic carbocycles. The Balaban J connectivity index is 1.87. The van der Waals surface area contributed by atoms with Gasteiger partial charge in [-0.1, -0.05) is 25.0 Å². The molecule has 3 fully saturated rings. The Labute approximate surface area is 222 Å². The minimum atomic E-state index is -1.01. The van der Waals surface area contributed by atoms with Crippen molar-refractivity contribution in [1.29, 1.82) is 0 Å². The summed E-state index contributed by atoms with van der Waals surface area (Å²) in [6, 6.07) is -0.780. The van der Waals surface area contributed by atoms with Gasteiger partial charge in [-0.15, -0.1) is 13.2 Å². The van der Waals surface area contributed by atoms with Gasteiger partial charge in [0.2, 0.25) is 11.8 Å². The van der Waals surface area contributed by atoms with Crippen LogP contribution < -0.4 is 0 Å². The lowest BCUT2D eigenvalue weighted by Gasteiger charge is -2.42. The Bertz CT molecular complexity index is 852. The summed E-state index contributed by atoms with van der Waals surface area (Å²) in [7, 11) is 0. The van der Waals surface area contributed by atoms with Crippen LogP contribution in [0.25, 0.3) is 0 Å². The topological polar surface area (TPSA) is 96.4 Å². The lowest BCUT2D eigenvalue weighted by Crippen LogP contribution is -2.59. The maximum atomic E-state index is 14.2. The van der Waals surface area contributed by atoms with E-state index in [0.29, 0.717) is 39.0 Å². The molecule has 0 aromatic rings. The highest BCUT2D eigenvalue weighted by atomic mass is 16.6. The van der Waals surface area contributed by atoms with Gasteiger partial charge >= 0.3 is 5.97 Å². The van der Waals surface area contributed by atoms with Crippen LogP contribution in [0.5, 0.6) is 0 Å². The van der Waals surface area contributed by atoms with E-state index in [-0.39, 0.29) is 18.4 Å². The third-order valence-electron chi connectivity index (χ3n) is 8.05. The van der Waals surface area contributed by atoms with Gasteiger partial charge in [0.05, 0.1) is 24.5 Å². The fourth-order valence-corrected chi connectivity index (χ4v) is 6.32. The van der Waals surface area contributed by atoms with Crippen LogP contribution in [0, 0.1) is 11.8 Å². The van der Waals surface area contributed by atoms with Crippen molar-refractivity contribution in [3.63, 3.8) is 0 Å². The number of fused-ring (bicyclic) bond motifs is 1. The first-order valence-corrected chi connectivity index (χ1v) is 13.9. The average molecular weight is 519 g/mol. The van der Waals surface area contributed by atoms with Crippen molar-refractivity contribution in [3.8, 4) is 0 Å². The second-order valence-electron chi connectivity index (χ2n) is 11.6. The number of ether oxygens (including phenoxy) is 2. The van der Waals surface area contributed by atoms with E-state index in [2.05, 4.69) is 13.2 Å². The van der Waals surface area contributed by atoms with Crippen molar-refractivity contribution in [3.05, 3.63) is 25.3 Å². The average Bonchev–Trinajstić information content (AvgIpc) is 3.48. The highest BCUT2D eigenvalue weighted by Crippen LogP contribution is 2.59. The lowest BCUT2D eigenvalue weighted by molar-refractivity contribution is -0.156. The Hall–Kier alpha value is -2.19. The Morgan fingerprint density at radius 3 is 2.54 bits per heavy atom. The molecule has 1 N–H and O–H groups in total. The van der Waals surface area contributed by atoms with Gasteiger partial charge in [0.15, 0.2) is 0 Å². The van der Waals surface area contributed by atoms with E-state index in [9.17, 15) is 14.4 Å². The van der Waals surface area contributed by atoms with Crippen molar-refractivity contribution in [2.75, 3.05) is 26.3 Å². The normalized spacial score (nSPS) is 28.3. The number of aliphatic hydroxyl groups excluding tert-OH is 1. The summed E-state index contributed by atoms with van der Waals surface area (Å²) in [4.78, 5) is 44.8. The zero-order valence-corrected chi connectivity index (χ0v) is 23.0. The molecule has 2 bridgehead atoms. The molecule has 0 radical (unpaired) electrons. The van der Waals surface area contributed by atoms with E-state index < -0.39 is 41.1 Å². The van der Waals surface area contributed by atoms with Crippen LogP contribution in [-0.2, 0) is 23.9 Å². The standard InChI is InChI=1S/C29H46N2O6/c1-6-8-9-14-20-36-27(35)22-21-15-16-29(37-21)23(22)25(33)30(18-12-10-11-13-19-32)24(29)26(34)31(17-7-2)28(3,4)5/h6-7,21-24,32H,1-2,8-20H2,3-5H3/t21-,22+,23-,24?,29?/m0/s1. The number of rotatable bonds is 15. The fraction of sp³-hybridized carbons (Fsp3) is 0.759. The quantitative estimate of drug-likeness (QED) is 0.202. The van der Waals surface area contributed by atoms with Crippen LogP contribution in [0.3, 0.4) is 0 Å². The molecule has 37 heavy (non-hydrogen) atoms. The Morgan fingerprint density at radius 2 is 1.89 bits per heavy atom. The molecule has 5 atom stereocenters. The molecule has 1 spiro atoms. The first-order valence-electron chi connectivity index (χ1n) is 13.9. The number of esters is 1. The number of unbranched alkanes of at least 4 members (excludes halogenated alkanes) is 5. The number of aliphatic hydroxyl groups is 1. The molecule has 3 saturated heterocycles. The van der Waals surface area contributed by atoms with E-state index in [1.165, 1.54) is 0 Å². The van der Waals surface area contributed by atoms with Crippen molar-refractivity contribution in [2.45, 2.75) is 102 Å². The van der Waals surface area contributed by atoms with Crippen LogP contribution in [0.1, 0.15) is 78.6 Å². The van der Waals surface area contributed by atoms with Gasteiger partial charge in [0.25, 0.3) is 0 Å². The molecule has 0 aliphatic carbocycles. The van der Waals surface area contributed by atoms with Gasteiger partial charge in [-0.25, -0.2) is 0 Å². The van der Waals surface area contributed by atoms with Crippen LogP contribution in [0.4, 0.5) is 0 Å². The molecule has 8 heteroatoms. The van der Waals surface area contributed by atoms with Gasteiger partial charge in [0, 0.05) is 25.2 Å². The number of hydrogen-bond donors (Lipinski definition) is 1. The monoisotopic (exact) mass is 518 g/mol. The van der Waals surface area contributed by atoms with E-state index in [1.54, 1.807) is 15.9 Å². The molecule has 2 unspecified atom stereocenters. The Morgan fingerprint density at radius 1 is 1.16 bits per heavy atom. The molecule has 0 aromatic heterocycles. The lowest BCUT2D eigenvalue weighted by atomic mass is 9.70. The number of likely N-dealkylation sites (tertiary alicyclic amines) is 1. The molecule has 2 amide bonds. The van der Waals surface area contributed by atoms with E-state index in [0.717, 1.165) is 38.5 Å². The Kier molecular flexibility index (Phi) is 9.98. The summed E-state index contributed by atoms with van der Waals surface area (Å²) in [6.45, 7) is 14.7. The molecule has 3 heterocycles. The highest BCUT2D eigenvalue weighted by molar-refractivity contribution is 5.98. The van der Waals surface area contributed by atoms with E-state index in [4.69, 9.17) is 14.6 Å². The first-order chi connectivity index (χ1) is 17.6. The maximum Gasteiger partial charge on any atom is 0.312 e. The highest BCUT2D eigenvalue weighted by Gasteiger charge is 2.75. The smallest absolute Gasteiger partial charge is 0.312 e. The third-order valence-corrected chi connectivity index (χ3v) is 8.05. The number of amides is 2. The number of hydrogen-bond acceptors (Lipinski definition) is 6. The van der Waals surface area contributed by atoms with Crippen molar-refractivity contribution >= 4 is 17.8 Å². The molecule has 0 saturated carbocycles. The zero-order valence-electron chi connectivity index (χ0n) is 23.0. The number of allylic oxidation sites excluding steroid dienone is 1. The van der Waals surface area contributed by atoms with Crippen LogP contribution in [-0.4, -0.2) is 82.3 Å². The second-order valence-corrected chi connectivity index (χ2v) is 11.6. The van der Waals surface area contributed by atoms with Gasteiger partial charge < -0.3 is 24.4 Å².